The summed E-state index contributed by atoms with van der Waals surface area (Å²) in [4.78, 5) is 31.8. The largest absolute Gasteiger partial charge is 0.444 e. The quantitative estimate of drug-likeness (QED) is 0.741. The van der Waals surface area contributed by atoms with Gasteiger partial charge >= 0.3 is 6.09 Å². The lowest BCUT2D eigenvalue weighted by atomic mass is 10.0. The normalized spacial score (nSPS) is 18.1. The molecule has 0 radical (unpaired) electrons. The number of aromatic amines is 1. The zero-order valence-electron chi connectivity index (χ0n) is 16.5. The fourth-order valence-electron chi connectivity index (χ4n) is 3.74. The van der Waals surface area contributed by atoms with E-state index in [9.17, 15) is 9.59 Å². The SMILES string of the molecule is CC(C)(C)OC(=O)N1Cc2ccccc2C1CN1C(=C=S)NC(=O)c2[nH]ccc21. The van der Waals surface area contributed by atoms with Crippen LogP contribution in [0.1, 0.15) is 48.4 Å². The molecular formula is C21H22N4O3S. The number of H-pyrrole nitrogens is 1. The van der Waals surface area contributed by atoms with Crippen molar-refractivity contribution in [3.05, 3.63) is 59.2 Å². The summed E-state index contributed by atoms with van der Waals surface area (Å²) in [6.45, 7) is 6.42. The third-order valence-corrected chi connectivity index (χ3v) is 5.15. The number of aromatic nitrogens is 1. The molecule has 1 aromatic heterocycles. The second-order valence-electron chi connectivity index (χ2n) is 8.08. The monoisotopic (exact) mass is 410 g/mol. The fraction of sp³-hybridized carbons (Fsp3) is 0.333. The average Bonchev–Trinajstić information content (AvgIpc) is 3.28. The van der Waals surface area contributed by atoms with Crippen LogP contribution in [-0.2, 0) is 11.3 Å². The summed E-state index contributed by atoms with van der Waals surface area (Å²) in [6, 6.07) is 9.51. The van der Waals surface area contributed by atoms with Crippen LogP contribution < -0.4 is 10.2 Å². The highest BCUT2D eigenvalue weighted by Crippen LogP contribution is 2.38. The van der Waals surface area contributed by atoms with E-state index in [0.717, 1.165) is 11.1 Å². The first-order chi connectivity index (χ1) is 13.8. The van der Waals surface area contributed by atoms with Gasteiger partial charge in [0.05, 0.1) is 24.8 Å². The van der Waals surface area contributed by atoms with Crippen molar-refractivity contribution in [2.24, 2.45) is 0 Å². The van der Waals surface area contributed by atoms with E-state index in [0.29, 0.717) is 30.3 Å². The highest BCUT2D eigenvalue weighted by molar-refractivity contribution is 7.78. The van der Waals surface area contributed by atoms with Crippen LogP contribution in [0.25, 0.3) is 0 Å². The molecule has 0 spiro atoms. The van der Waals surface area contributed by atoms with Gasteiger partial charge in [-0.25, -0.2) is 4.79 Å². The fourth-order valence-corrected chi connectivity index (χ4v) is 3.90. The van der Waals surface area contributed by atoms with Gasteiger partial charge in [-0.2, -0.15) is 0 Å². The number of amides is 2. The first kappa shape index (κ1) is 19.2. The second kappa shape index (κ2) is 7.06. The number of carbonyl (C=O) groups excluding carboxylic acids is 2. The molecule has 0 saturated heterocycles. The number of thiocarbonyl (C=S) groups is 1. The van der Waals surface area contributed by atoms with Crippen molar-refractivity contribution in [2.45, 2.75) is 39.0 Å². The van der Waals surface area contributed by atoms with E-state index >= 15 is 0 Å². The van der Waals surface area contributed by atoms with Crippen LogP contribution in [0.15, 0.2) is 42.3 Å². The number of hydrogen-bond donors (Lipinski definition) is 2. The van der Waals surface area contributed by atoms with Crippen molar-refractivity contribution in [3.8, 4) is 0 Å². The molecule has 1 aromatic carbocycles. The molecule has 8 heteroatoms. The molecule has 1 unspecified atom stereocenters. The van der Waals surface area contributed by atoms with Crippen LogP contribution >= 0.6 is 12.2 Å². The lowest BCUT2D eigenvalue weighted by molar-refractivity contribution is 0.0178. The third kappa shape index (κ3) is 3.52. The van der Waals surface area contributed by atoms with Crippen molar-refractivity contribution in [1.82, 2.24) is 15.2 Å². The molecule has 0 aliphatic carbocycles. The molecule has 0 bridgehead atoms. The zero-order valence-corrected chi connectivity index (χ0v) is 17.3. The number of ether oxygens (including phenoxy) is 1. The van der Waals surface area contributed by atoms with E-state index in [1.54, 1.807) is 11.1 Å². The molecule has 0 saturated carbocycles. The van der Waals surface area contributed by atoms with E-state index in [-0.39, 0.29) is 18.0 Å². The Morgan fingerprint density at radius 3 is 2.79 bits per heavy atom. The van der Waals surface area contributed by atoms with Crippen LogP contribution in [0, 0.1) is 0 Å². The summed E-state index contributed by atoms with van der Waals surface area (Å²) in [6.07, 6.45) is 1.33. The smallest absolute Gasteiger partial charge is 0.411 e. The minimum atomic E-state index is -0.594. The Kier molecular flexibility index (Phi) is 4.68. The average molecular weight is 410 g/mol. The minimum Gasteiger partial charge on any atom is -0.444 e. The summed E-state index contributed by atoms with van der Waals surface area (Å²) >= 11 is 5.02. The van der Waals surface area contributed by atoms with Gasteiger partial charge in [-0.1, -0.05) is 24.3 Å². The minimum absolute atomic E-state index is 0.260. The summed E-state index contributed by atoms with van der Waals surface area (Å²) in [7, 11) is 0. The molecule has 2 amide bonds. The summed E-state index contributed by atoms with van der Waals surface area (Å²) in [5, 5.41) is 5.40. The maximum absolute atomic E-state index is 12.9. The van der Waals surface area contributed by atoms with Gasteiger partial charge in [0.1, 0.15) is 11.3 Å². The Bertz CT molecular complexity index is 1030. The Hall–Kier alpha value is -3.09. The maximum Gasteiger partial charge on any atom is 0.411 e. The van der Waals surface area contributed by atoms with Gasteiger partial charge in [0.2, 0.25) is 0 Å². The van der Waals surface area contributed by atoms with Crippen molar-refractivity contribution in [2.75, 3.05) is 11.4 Å². The van der Waals surface area contributed by atoms with Gasteiger partial charge in [-0.3, -0.25) is 15.0 Å². The lowest BCUT2D eigenvalue weighted by Gasteiger charge is -2.35. The van der Waals surface area contributed by atoms with Gasteiger partial charge in [-0.05, 0) is 55.2 Å². The Morgan fingerprint density at radius 2 is 2.07 bits per heavy atom. The number of carbonyl (C=O) groups is 2. The van der Waals surface area contributed by atoms with Gasteiger partial charge in [0.25, 0.3) is 5.91 Å². The number of anilines is 1. The molecule has 7 nitrogen and oxygen atoms in total. The van der Waals surface area contributed by atoms with Gasteiger partial charge in [-0.15, -0.1) is 0 Å². The van der Waals surface area contributed by atoms with E-state index in [1.165, 1.54) is 0 Å². The summed E-state index contributed by atoms with van der Waals surface area (Å²) in [5.74, 6) is 0.134. The van der Waals surface area contributed by atoms with Gasteiger partial charge < -0.3 is 14.6 Å². The Labute approximate surface area is 174 Å². The van der Waals surface area contributed by atoms with E-state index in [2.05, 4.69) is 15.3 Å². The summed E-state index contributed by atoms with van der Waals surface area (Å²) in [5.41, 5.74) is 2.69. The molecular weight excluding hydrogens is 388 g/mol. The first-order valence-corrected chi connectivity index (χ1v) is 9.78. The standard InChI is InChI=1S/C21H22N4O3S/c1-21(2,3)28-20(27)25-10-13-6-4-5-7-14(13)16(25)11-24-15-8-9-22-18(15)19(26)23-17(24)12-29/h4-9,16,22H,10-11H2,1-3H3,(H,23,26). The van der Waals surface area contributed by atoms with Gasteiger partial charge in [0.15, 0.2) is 5.82 Å². The zero-order chi connectivity index (χ0) is 20.8. The Morgan fingerprint density at radius 1 is 1.31 bits per heavy atom. The van der Waals surface area contributed by atoms with Crippen LogP contribution in [0.2, 0.25) is 0 Å². The predicted molar refractivity (Wildman–Crippen MR) is 113 cm³/mol. The molecule has 1 atom stereocenters. The third-order valence-electron chi connectivity index (χ3n) is 4.96. The van der Waals surface area contributed by atoms with E-state index in [4.69, 9.17) is 17.0 Å². The highest BCUT2D eigenvalue weighted by Gasteiger charge is 2.39. The molecule has 3 heterocycles. The van der Waals surface area contributed by atoms with E-state index < -0.39 is 5.60 Å². The number of nitrogens with one attached hydrogen (secondary N) is 2. The van der Waals surface area contributed by atoms with Crippen LogP contribution in [-0.4, -0.2) is 39.1 Å². The first-order valence-electron chi connectivity index (χ1n) is 9.37. The van der Waals surface area contributed by atoms with Crippen molar-refractivity contribution < 1.29 is 14.3 Å². The van der Waals surface area contributed by atoms with Crippen molar-refractivity contribution in [3.63, 3.8) is 0 Å². The number of nitrogens with zero attached hydrogens (tertiary/aromatic N) is 2. The molecule has 29 heavy (non-hydrogen) atoms. The number of benzene rings is 1. The molecule has 4 rings (SSSR count). The number of hydrogen-bond acceptors (Lipinski definition) is 5. The van der Waals surface area contributed by atoms with Crippen LogP contribution in [0.3, 0.4) is 0 Å². The van der Waals surface area contributed by atoms with Gasteiger partial charge in [0, 0.05) is 6.20 Å². The summed E-state index contributed by atoms with van der Waals surface area (Å²) < 4.78 is 5.65. The van der Waals surface area contributed by atoms with Crippen molar-refractivity contribution >= 4 is 34.9 Å². The highest BCUT2D eigenvalue weighted by atomic mass is 32.1. The number of fused-ring (bicyclic) bond motifs is 2. The van der Waals surface area contributed by atoms with E-state index in [1.807, 2.05) is 56.0 Å². The molecule has 2 N–H and O–H groups in total. The lowest BCUT2D eigenvalue weighted by Crippen LogP contribution is -2.46. The second-order valence-corrected chi connectivity index (χ2v) is 8.28. The number of rotatable bonds is 2. The van der Waals surface area contributed by atoms with Crippen LogP contribution in [0.5, 0.6) is 0 Å². The topological polar surface area (TPSA) is 77.7 Å². The Balaban J connectivity index is 1.71. The molecule has 0 fully saturated rings. The predicted octanol–water partition coefficient (Wildman–Crippen LogP) is 3.50. The molecule has 150 valence electrons. The maximum atomic E-state index is 12.9. The molecule has 2 aromatic rings. The molecule has 2 aliphatic heterocycles. The van der Waals surface area contributed by atoms with Crippen molar-refractivity contribution in [1.29, 1.82) is 0 Å². The van der Waals surface area contributed by atoms with Crippen LogP contribution in [0.4, 0.5) is 10.5 Å². The molecule has 2 aliphatic rings.